The number of quaternary nitrogens is 1. The molecule has 1 fully saturated rings. The number of piperazine rings is 1. The maximum atomic E-state index is 13.0. The fourth-order valence-electron chi connectivity index (χ4n) is 4.49. The van der Waals surface area contributed by atoms with Crippen molar-refractivity contribution in [1.29, 1.82) is 0 Å². The highest BCUT2D eigenvalue weighted by Crippen LogP contribution is 2.29. The van der Waals surface area contributed by atoms with Gasteiger partial charge in [0.25, 0.3) is 11.8 Å². The van der Waals surface area contributed by atoms with Gasteiger partial charge in [-0.1, -0.05) is 24.3 Å². The van der Waals surface area contributed by atoms with Crippen LogP contribution in [0.2, 0.25) is 0 Å². The number of nitrogens with one attached hydrogen (secondary N) is 1. The van der Waals surface area contributed by atoms with Crippen molar-refractivity contribution < 1.29 is 23.7 Å². The number of benzene rings is 2. The molecule has 3 amide bonds. The predicted molar refractivity (Wildman–Crippen MR) is 119 cm³/mol. The Kier molecular flexibility index (Phi) is 5.33. The second-order valence-corrected chi connectivity index (χ2v) is 8.15. The molecule has 7 heteroatoms. The van der Waals surface area contributed by atoms with Gasteiger partial charge in [-0.25, -0.2) is 0 Å². The van der Waals surface area contributed by atoms with Crippen molar-refractivity contribution in [3.63, 3.8) is 0 Å². The minimum atomic E-state index is -0.226. The van der Waals surface area contributed by atoms with Crippen molar-refractivity contribution in [2.75, 3.05) is 39.3 Å². The Hall–Kier alpha value is -3.71. The summed E-state index contributed by atoms with van der Waals surface area (Å²) in [6.07, 6.45) is 4.78. The highest BCUT2D eigenvalue weighted by molar-refractivity contribution is 6.25. The zero-order valence-electron chi connectivity index (χ0n) is 17.6. The Morgan fingerprint density at radius 3 is 2.28 bits per heavy atom. The first-order chi connectivity index (χ1) is 15.6. The molecule has 2 aliphatic heterocycles. The maximum absolute atomic E-state index is 13.0. The van der Waals surface area contributed by atoms with Crippen LogP contribution in [0.4, 0.5) is 0 Å². The zero-order valence-corrected chi connectivity index (χ0v) is 17.6. The third kappa shape index (κ3) is 3.71. The zero-order chi connectivity index (χ0) is 22.1. The van der Waals surface area contributed by atoms with Crippen molar-refractivity contribution in [1.82, 2.24) is 9.80 Å². The Balaban J connectivity index is 1.19. The minimum absolute atomic E-state index is 0.0356. The monoisotopic (exact) mass is 430 g/mol. The van der Waals surface area contributed by atoms with Crippen LogP contribution < -0.4 is 4.90 Å². The molecule has 0 aliphatic carbocycles. The standard InChI is InChI=1S/C25H23N3O4/c29-22(10-9-19-6-3-17-32-19)27-14-11-26(12-15-27)13-16-28-24(30)20-7-1-4-18-5-2-8-21(23(18)20)25(28)31/h1-10,17H,11-16H2/p+1/b10-9+. The normalized spacial score (nSPS) is 17.0. The average molecular weight is 430 g/mol. The number of hydrogen-bond acceptors (Lipinski definition) is 4. The molecule has 7 nitrogen and oxygen atoms in total. The molecule has 0 unspecified atom stereocenters. The molecule has 2 aliphatic rings. The molecule has 0 saturated carbocycles. The van der Waals surface area contributed by atoms with Gasteiger partial charge in [0.15, 0.2) is 0 Å². The summed E-state index contributed by atoms with van der Waals surface area (Å²) in [5, 5.41) is 1.66. The first-order valence-electron chi connectivity index (χ1n) is 10.8. The summed E-state index contributed by atoms with van der Waals surface area (Å²) in [7, 11) is 0. The summed E-state index contributed by atoms with van der Waals surface area (Å²) < 4.78 is 5.21. The topological polar surface area (TPSA) is 75.3 Å². The number of furan rings is 1. The molecule has 3 heterocycles. The predicted octanol–water partition coefficient (Wildman–Crippen LogP) is 1.47. The van der Waals surface area contributed by atoms with E-state index in [0.717, 1.165) is 23.9 Å². The van der Waals surface area contributed by atoms with Crippen LogP contribution >= 0.6 is 0 Å². The molecule has 1 N–H and O–H groups in total. The Bertz CT molecular complexity index is 1160. The van der Waals surface area contributed by atoms with E-state index in [1.54, 1.807) is 36.6 Å². The number of carbonyl (C=O) groups is 3. The largest absolute Gasteiger partial charge is 0.465 e. The highest BCUT2D eigenvalue weighted by atomic mass is 16.3. The van der Waals surface area contributed by atoms with Crippen LogP contribution in [-0.4, -0.2) is 66.8 Å². The lowest BCUT2D eigenvalue weighted by Crippen LogP contribution is -3.15. The van der Waals surface area contributed by atoms with E-state index in [2.05, 4.69) is 0 Å². The molecule has 0 atom stereocenters. The molecular weight excluding hydrogens is 406 g/mol. The second-order valence-electron chi connectivity index (χ2n) is 8.15. The summed E-state index contributed by atoms with van der Waals surface area (Å²) in [4.78, 5) is 42.9. The lowest BCUT2D eigenvalue weighted by molar-refractivity contribution is -0.903. The van der Waals surface area contributed by atoms with Crippen molar-refractivity contribution in [3.8, 4) is 0 Å². The van der Waals surface area contributed by atoms with Crippen LogP contribution in [0.3, 0.4) is 0 Å². The number of amides is 3. The second kappa shape index (κ2) is 8.43. The smallest absolute Gasteiger partial charge is 0.261 e. The Labute approximate surface area is 185 Å². The van der Waals surface area contributed by atoms with Crippen LogP contribution in [0.25, 0.3) is 16.8 Å². The molecule has 32 heavy (non-hydrogen) atoms. The molecule has 162 valence electrons. The summed E-state index contributed by atoms with van der Waals surface area (Å²) in [6.45, 7) is 3.87. The van der Waals surface area contributed by atoms with Gasteiger partial charge < -0.3 is 14.2 Å². The number of rotatable bonds is 5. The number of hydrogen-bond donors (Lipinski definition) is 1. The van der Waals surface area contributed by atoms with Gasteiger partial charge in [0, 0.05) is 22.6 Å². The van der Waals surface area contributed by atoms with Crippen LogP contribution in [0.1, 0.15) is 26.5 Å². The summed E-state index contributed by atoms with van der Waals surface area (Å²) in [5.74, 6) is 0.161. The van der Waals surface area contributed by atoms with Crippen LogP contribution in [0.5, 0.6) is 0 Å². The van der Waals surface area contributed by atoms with Gasteiger partial charge in [-0.2, -0.15) is 0 Å². The Morgan fingerprint density at radius 1 is 0.969 bits per heavy atom. The van der Waals surface area contributed by atoms with Crippen molar-refractivity contribution in [2.24, 2.45) is 0 Å². The van der Waals surface area contributed by atoms with E-state index in [4.69, 9.17) is 4.42 Å². The first-order valence-corrected chi connectivity index (χ1v) is 10.8. The molecule has 0 bridgehead atoms. The maximum Gasteiger partial charge on any atom is 0.261 e. The third-order valence-electron chi connectivity index (χ3n) is 6.26. The van der Waals surface area contributed by atoms with E-state index in [1.165, 1.54) is 15.9 Å². The van der Waals surface area contributed by atoms with Gasteiger partial charge in [0.1, 0.15) is 5.76 Å². The fourth-order valence-corrected chi connectivity index (χ4v) is 4.49. The lowest BCUT2D eigenvalue weighted by atomic mass is 9.94. The summed E-state index contributed by atoms with van der Waals surface area (Å²) >= 11 is 0. The molecule has 1 aromatic heterocycles. The molecule has 5 rings (SSSR count). The van der Waals surface area contributed by atoms with Gasteiger partial charge in [0.2, 0.25) is 5.91 Å². The average Bonchev–Trinajstić information content (AvgIpc) is 3.35. The quantitative estimate of drug-likeness (QED) is 0.491. The van der Waals surface area contributed by atoms with Crippen LogP contribution in [0.15, 0.2) is 65.3 Å². The van der Waals surface area contributed by atoms with E-state index in [1.807, 2.05) is 29.2 Å². The summed E-state index contributed by atoms with van der Waals surface area (Å²) in [6, 6.07) is 14.7. The van der Waals surface area contributed by atoms with Gasteiger partial charge in [-0.15, -0.1) is 0 Å². The molecule has 0 radical (unpaired) electrons. The van der Waals surface area contributed by atoms with Gasteiger partial charge in [0.05, 0.1) is 45.5 Å². The van der Waals surface area contributed by atoms with E-state index in [0.29, 0.717) is 43.1 Å². The SMILES string of the molecule is O=C(/C=C/c1ccco1)N1CC[NH+](CCN2C(=O)c3cccc4cccc(c34)C2=O)CC1. The van der Waals surface area contributed by atoms with E-state index < -0.39 is 0 Å². The molecular formula is C25H24N3O4+. The summed E-state index contributed by atoms with van der Waals surface area (Å²) in [5.41, 5.74) is 1.18. The van der Waals surface area contributed by atoms with Gasteiger partial charge in [-0.05, 0) is 35.7 Å². The molecule has 2 aromatic carbocycles. The number of nitrogens with zero attached hydrogens (tertiary/aromatic N) is 2. The highest BCUT2D eigenvalue weighted by Gasteiger charge is 2.33. The van der Waals surface area contributed by atoms with Crippen LogP contribution in [0, 0.1) is 0 Å². The number of imide groups is 1. The number of carbonyl (C=O) groups excluding carboxylic acids is 3. The minimum Gasteiger partial charge on any atom is -0.465 e. The van der Waals surface area contributed by atoms with Crippen molar-refractivity contribution >= 4 is 34.6 Å². The van der Waals surface area contributed by atoms with Crippen molar-refractivity contribution in [2.45, 2.75) is 0 Å². The van der Waals surface area contributed by atoms with E-state index >= 15 is 0 Å². The molecule has 1 saturated heterocycles. The van der Waals surface area contributed by atoms with Crippen molar-refractivity contribution in [3.05, 3.63) is 77.8 Å². The van der Waals surface area contributed by atoms with E-state index in [-0.39, 0.29) is 17.7 Å². The molecule has 0 spiro atoms. The van der Waals surface area contributed by atoms with E-state index in [9.17, 15) is 14.4 Å². The first kappa shape index (κ1) is 20.2. The van der Waals surface area contributed by atoms with Crippen LogP contribution in [-0.2, 0) is 4.79 Å². The van der Waals surface area contributed by atoms with Gasteiger partial charge >= 0.3 is 0 Å². The lowest BCUT2D eigenvalue weighted by Gasteiger charge is -2.33. The fraction of sp³-hybridized carbons (Fsp3) is 0.240. The third-order valence-corrected chi connectivity index (χ3v) is 6.26. The Morgan fingerprint density at radius 2 is 1.66 bits per heavy atom. The molecule has 3 aromatic rings. The van der Waals surface area contributed by atoms with Gasteiger partial charge in [-0.3, -0.25) is 19.3 Å².